The van der Waals surface area contributed by atoms with Gasteiger partial charge in [-0.05, 0) is 38.8 Å². The van der Waals surface area contributed by atoms with E-state index in [1.54, 1.807) is 6.92 Å². The second-order valence-electron chi connectivity index (χ2n) is 6.35. The molecule has 120 valence electrons. The van der Waals surface area contributed by atoms with Crippen molar-refractivity contribution < 1.29 is 19.1 Å². The summed E-state index contributed by atoms with van der Waals surface area (Å²) in [4.78, 5) is 26.1. The SMILES string of the molecule is CCOC(=O)[C@@H]1Cc2ccccc2CN1C(=O)OC(C)(C)C. The average molecular weight is 305 g/mol. The van der Waals surface area contributed by atoms with Gasteiger partial charge in [-0.3, -0.25) is 4.90 Å². The molecule has 1 heterocycles. The Morgan fingerprint density at radius 1 is 1.23 bits per heavy atom. The number of ether oxygens (including phenoxy) is 2. The van der Waals surface area contributed by atoms with Crippen LogP contribution >= 0.6 is 0 Å². The zero-order chi connectivity index (χ0) is 16.3. The maximum Gasteiger partial charge on any atom is 0.411 e. The van der Waals surface area contributed by atoms with Gasteiger partial charge in [0.2, 0.25) is 0 Å². The lowest BCUT2D eigenvalue weighted by atomic mass is 9.94. The Balaban J connectivity index is 2.27. The van der Waals surface area contributed by atoms with E-state index in [0.29, 0.717) is 19.6 Å². The Bertz CT molecular complexity index is 562. The molecule has 22 heavy (non-hydrogen) atoms. The molecule has 1 aliphatic heterocycles. The molecule has 0 unspecified atom stereocenters. The van der Waals surface area contributed by atoms with Crippen molar-refractivity contribution >= 4 is 12.1 Å². The Morgan fingerprint density at radius 3 is 2.45 bits per heavy atom. The van der Waals surface area contributed by atoms with E-state index < -0.39 is 17.7 Å². The first kappa shape index (κ1) is 16.3. The number of hydrogen-bond acceptors (Lipinski definition) is 4. The predicted molar refractivity (Wildman–Crippen MR) is 82.3 cm³/mol. The standard InChI is InChI=1S/C17H23NO4/c1-5-21-15(19)14-10-12-8-6-7-9-13(12)11-18(14)16(20)22-17(2,3)4/h6-9,14H,5,10-11H2,1-4H3/t14-/m0/s1. The molecule has 0 saturated heterocycles. The monoisotopic (exact) mass is 305 g/mol. The molecule has 0 N–H and O–H groups in total. The summed E-state index contributed by atoms with van der Waals surface area (Å²) in [7, 11) is 0. The van der Waals surface area contributed by atoms with Gasteiger partial charge in [0.15, 0.2) is 0 Å². The van der Waals surface area contributed by atoms with Crippen LogP contribution in [0.25, 0.3) is 0 Å². The maximum absolute atomic E-state index is 12.4. The first-order valence-electron chi connectivity index (χ1n) is 7.55. The van der Waals surface area contributed by atoms with Crippen molar-refractivity contribution in [1.29, 1.82) is 0 Å². The molecule has 1 aliphatic rings. The third-order valence-corrected chi connectivity index (χ3v) is 3.44. The molecule has 1 aromatic rings. The van der Waals surface area contributed by atoms with Gasteiger partial charge in [0.05, 0.1) is 13.2 Å². The topological polar surface area (TPSA) is 55.8 Å². The van der Waals surface area contributed by atoms with Crippen LogP contribution in [-0.2, 0) is 27.2 Å². The average Bonchev–Trinajstić information content (AvgIpc) is 2.44. The van der Waals surface area contributed by atoms with E-state index in [1.165, 1.54) is 4.90 Å². The quantitative estimate of drug-likeness (QED) is 0.788. The van der Waals surface area contributed by atoms with E-state index in [9.17, 15) is 9.59 Å². The molecule has 0 spiro atoms. The first-order chi connectivity index (χ1) is 10.3. The molecule has 0 fully saturated rings. The van der Waals surface area contributed by atoms with Gasteiger partial charge >= 0.3 is 12.1 Å². The number of hydrogen-bond donors (Lipinski definition) is 0. The highest BCUT2D eigenvalue weighted by atomic mass is 16.6. The van der Waals surface area contributed by atoms with Crippen molar-refractivity contribution in [3.63, 3.8) is 0 Å². The van der Waals surface area contributed by atoms with Gasteiger partial charge in [0.25, 0.3) is 0 Å². The molecule has 2 rings (SSSR count). The Hall–Kier alpha value is -2.04. The summed E-state index contributed by atoms with van der Waals surface area (Å²) in [6, 6.07) is 7.17. The van der Waals surface area contributed by atoms with Crippen molar-refractivity contribution in [3.8, 4) is 0 Å². The smallest absolute Gasteiger partial charge is 0.411 e. The van der Waals surface area contributed by atoms with Crippen LogP contribution in [0.15, 0.2) is 24.3 Å². The highest BCUT2D eigenvalue weighted by molar-refractivity contribution is 5.82. The molecule has 0 aliphatic carbocycles. The molecule has 5 heteroatoms. The molecule has 5 nitrogen and oxygen atoms in total. The fourth-order valence-electron chi connectivity index (χ4n) is 2.48. The van der Waals surface area contributed by atoms with E-state index in [2.05, 4.69) is 0 Å². The minimum absolute atomic E-state index is 0.291. The van der Waals surface area contributed by atoms with Gasteiger partial charge in [0.1, 0.15) is 11.6 Å². The normalized spacial score (nSPS) is 17.6. The lowest BCUT2D eigenvalue weighted by Gasteiger charge is -2.36. The summed E-state index contributed by atoms with van der Waals surface area (Å²) >= 11 is 0. The molecular weight excluding hydrogens is 282 g/mol. The fraction of sp³-hybridized carbons (Fsp3) is 0.529. The van der Waals surface area contributed by atoms with Crippen LogP contribution in [0.1, 0.15) is 38.8 Å². The lowest BCUT2D eigenvalue weighted by molar-refractivity contribution is -0.150. The van der Waals surface area contributed by atoms with Gasteiger partial charge in [0, 0.05) is 6.42 Å². The van der Waals surface area contributed by atoms with E-state index in [0.717, 1.165) is 11.1 Å². The number of carbonyl (C=O) groups is 2. The van der Waals surface area contributed by atoms with Crippen LogP contribution in [0.2, 0.25) is 0 Å². The lowest BCUT2D eigenvalue weighted by Crippen LogP contribution is -2.50. The van der Waals surface area contributed by atoms with Crippen LogP contribution in [0.3, 0.4) is 0 Å². The van der Waals surface area contributed by atoms with Crippen LogP contribution in [-0.4, -0.2) is 35.2 Å². The van der Waals surface area contributed by atoms with Crippen molar-refractivity contribution in [2.24, 2.45) is 0 Å². The van der Waals surface area contributed by atoms with Crippen LogP contribution in [0.4, 0.5) is 4.79 Å². The maximum atomic E-state index is 12.4. The zero-order valence-corrected chi connectivity index (χ0v) is 13.6. The summed E-state index contributed by atoms with van der Waals surface area (Å²) in [5.74, 6) is -0.386. The van der Waals surface area contributed by atoms with Crippen molar-refractivity contribution in [2.45, 2.75) is 52.3 Å². The highest BCUT2D eigenvalue weighted by Crippen LogP contribution is 2.26. The molecular formula is C17H23NO4. The van der Waals surface area contributed by atoms with Crippen molar-refractivity contribution in [2.75, 3.05) is 6.61 Å². The number of carbonyl (C=O) groups excluding carboxylic acids is 2. The number of fused-ring (bicyclic) bond motifs is 1. The number of nitrogens with zero attached hydrogens (tertiary/aromatic N) is 1. The summed E-state index contributed by atoms with van der Waals surface area (Å²) in [6.45, 7) is 7.83. The Morgan fingerprint density at radius 2 is 1.86 bits per heavy atom. The third kappa shape index (κ3) is 3.78. The largest absolute Gasteiger partial charge is 0.464 e. The minimum Gasteiger partial charge on any atom is -0.464 e. The van der Waals surface area contributed by atoms with Gasteiger partial charge in [-0.2, -0.15) is 0 Å². The third-order valence-electron chi connectivity index (χ3n) is 3.44. The highest BCUT2D eigenvalue weighted by Gasteiger charge is 2.37. The zero-order valence-electron chi connectivity index (χ0n) is 13.6. The van der Waals surface area contributed by atoms with Gasteiger partial charge in [-0.1, -0.05) is 24.3 Å². The van der Waals surface area contributed by atoms with Crippen molar-refractivity contribution in [3.05, 3.63) is 35.4 Å². The molecule has 0 bridgehead atoms. The Kier molecular flexibility index (Phi) is 4.74. The first-order valence-corrected chi connectivity index (χ1v) is 7.55. The van der Waals surface area contributed by atoms with Crippen molar-refractivity contribution in [1.82, 2.24) is 4.90 Å². The van der Waals surface area contributed by atoms with E-state index in [4.69, 9.17) is 9.47 Å². The van der Waals surface area contributed by atoms with Crippen LogP contribution in [0.5, 0.6) is 0 Å². The summed E-state index contributed by atoms with van der Waals surface area (Å²) in [5, 5.41) is 0. The number of amides is 1. The van der Waals surface area contributed by atoms with Crippen LogP contribution < -0.4 is 0 Å². The van der Waals surface area contributed by atoms with Gasteiger partial charge in [-0.25, -0.2) is 9.59 Å². The molecule has 1 aromatic carbocycles. The Labute approximate surface area is 131 Å². The number of esters is 1. The van der Waals surface area contributed by atoms with E-state index >= 15 is 0 Å². The van der Waals surface area contributed by atoms with Gasteiger partial charge in [-0.15, -0.1) is 0 Å². The summed E-state index contributed by atoms with van der Waals surface area (Å²) in [6.07, 6.45) is -0.0334. The number of rotatable bonds is 2. The molecule has 1 amide bonds. The fourth-order valence-corrected chi connectivity index (χ4v) is 2.48. The molecule has 0 radical (unpaired) electrons. The molecule has 0 saturated carbocycles. The second-order valence-corrected chi connectivity index (χ2v) is 6.35. The van der Waals surface area contributed by atoms with E-state index in [1.807, 2.05) is 45.0 Å². The number of benzene rings is 1. The van der Waals surface area contributed by atoms with E-state index in [-0.39, 0.29) is 5.97 Å². The predicted octanol–water partition coefficient (Wildman–Crippen LogP) is 2.91. The van der Waals surface area contributed by atoms with Crippen LogP contribution in [0, 0.1) is 0 Å². The second kappa shape index (κ2) is 6.38. The molecule has 1 atom stereocenters. The van der Waals surface area contributed by atoms with Gasteiger partial charge < -0.3 is 9.47 Å². The summed E-state index contributed by atoms with van der Waals surface area (Å²) < 4.78 is 10.5. The minimum atomic E-state index is -0.635. The molecule has 0 aromatic heterocycles. The summed E-state index contributed by atoms with van der Waals surface area (Å²) in [5.41, 5.74) is 1.50.